The Bertz CT molecular complexity index is 734. The Labute approximate surface area is 109 Å². The number of hydrogen-bond acceptors (Lipinski definition) is 3. The highest BCUT2D eigenvalue weighted by molar-refractivity contribution is 6.13. The molecule has 0 spiro atoms. The number of aromatic amines is 1. The van der Waals surface area contributed by atoms with E-state index in [1.165, 1.54) is 0 Å². The van der Waals surface area contributed by atoms with E-state index in [1.54, 1.807) is 42.9 Å². The van der Waals surface area contributed by atoms with Gasteiger partial charge in [-0.05, 0) is 30.3 Å². The predicted octanol–water partition coefficient (Wildman–Crippen LogP) is 2.40. The van der Waals surface area contributed by atoms with Crippen molar-refractivity contribution in [2.75, 3.05) is 11.1 Å². The lowest BCUT2D eigenvalue weighted by Gasteiger charge is -2.03. The number of anilines is 2. The minimum Gasteiger partial charge on any atom is -0.399 e. The molecule has 0 aliphatic heterocycles. The van der Waals surface area contributed by atoms with Crippen LogP contribution in [0.5, 0.6) is 0 Å². The summed E-state index contributed by atoms with van der Waals surface area (Å²) in [6.07, 6.45) is 4.93. The Balaban J connectivity index is 1.96. The lowest BCUT2D eigenvalue weighted by atomic mass is 10.1. The van der Waals surface area contributed by atoms with Crippen LogP contribution in [0.4, 0.5) is 11.4 Å². The van der Waals surface area contributed by atoms with Crippen molar-refractivity contribution in [1.29, 1.82) is 0 Å². The van der Waals surface area contributed by atoms with Crippen LogP contribution in [0.25, 0.3) is 10.9 Å². The van der Waals surface area contributed by atoms with E-state index in [2.05, 4.69) is 15.3 Å². The number of nitrogens with zero attached hydrogens (tertiary/aromatic N) is 1. The summed E-state index contributed by atoms with van der Waals surface area (Å²) in [4.78, 5) is 19.2. The number of carbonyl (C=O) groups excluding carboxylic acids is 1. The second kappa shape index (κ2) is 4.45. The summed E-state index contributed by atoms with van der Waals surface area (Å²) >= 11 is 0. The number of hydrogen-bond donors (Lipinski definition) is 3. The molecule has 0 saturated heterocycles. The standard InChI is InChI=1S/C14H12N4O/c15-9-3-4-13-11(6-9)12(8-17-13)14(19)18-10-2-1-5-16-7-10/h1-8,17H,15H2,(H,18,19). The molecule has 0 radical (unpaired) electrons. The molecule has 0 aliphatic rings. The van der Waals surface area contributed by atoms with E-state index >= 15 is 0 Å². The van der Waals surface area contributed by atoms with Crippen LogP contribution in [0.2, 0.25) is 0 Å². The highest BCUT2D eigenvalue weighted by atomic mass is 16.1. The third kappa shape index (κ3) is 2.13. The SMILES string of the molecule is Nc1ccc2[nH]cc(C(=O)Nc3cccnc3)c2c1. The molecule has 3 rings (SSSR count). The summed E-state index contributed by atoms with van der Waals surface area (Å²) in [6, 6.07) is 8.98. The number of nitrogens with one attached hydrogen (secondary N) is 2. The largest absolute Gasteiger partial charge is 0.399 e. The number of pyridine rings is 1. The first-order valence-electron chi connectivity index (χ1n) is 5.82. The number of carbonyl (C=O) groups is 1. The van der Waals surface area contributed by atoms with E-state index in [0.717, 1.165) is 10.9 Å². The highest BCUT2D eigenvalue weighted by Crippen LogP contribution is 2.21. The number of aromatic nitrogens is 2. The van der Waals surface area contributed by atoms with Gasteiger partial charge in [0.25, 0.3) is 5.91 Å². The van der Waals surface area contributed by atoms with Gasteiger partial charge in [0.1, 0.15) is 0 Å². The molecule has 1 aromatic carbocycles. The molecule has 0 aliphatic carbocycles. The van der Waals surface area contributed by atoms with Crippen LogP contribution in [0, 0.1) is 0 Å². The van der Waals surface area contributed by atoms with Gasteiger partial charge in [-0.15, -0.1) is 0 Å². The van der Waals surface area contributed by atoms with Gasteiger partial charge in [-0.1, -0.05) is 0 Å². The zero-order chi connectivity index (χ0) is 13.2. The number of H-pyrrole nitrogens is 1. The number of nitrogen functional groups attached to an aromatic ring is 1. The average Bonchev–Trinajstić information content (AvgIpc) is 2.82. The van der Waals surface area contributed by atoms with Crippen molar-refractivity contribution in [3.05, 3.63) is 54.5 Å². The van der Waals surface area contributed by atoms with E-state index in [1.807, 2.05) is 6.07 Å². The van der Waals surface area contributed by atoms with Crippen LogP contribution in [-0.4, -0.2) is 15.9 Å². The van der Waals surface area contributed by atoms with Crippen molar-refractivity contribution in [1.82, 2.24) is 9.97 Å². The summed E-state index contributed by atoms with van der Waals surface area (Å²) in [7, 11) is 0. The molecule has 0 atom stereocenters. The fourth-order valence-corrected chi connectivity index (χ4v) is 1.96. The van der Waals surface area contributed by atoms with Gasteiger partial charge in [0.15, 0.2) is 0 Å². The normalized spacial score (nSPS) is 10.5. The topological polar surface area (TPSA) is 83.8 Å². The molecule has 5 nitrogen and oxygen atoms in total. The summed E-state index contributed by atoms with van der Waals surface area (Å²) in [6.45, 7) is 0. The molecule has 5 heteroatoms. The molecule has 0 bridgehead atoms. The third-order valence-electron chi connectivity index (χ3n) is 2.87. The zero-order valence-electron chi connectivity index (χ0n) is 10.1. The molecule has 2 aromatic heterocycles. The number of benzene rings is 1. The summed E-state index contributed by atoms with van der Waals surface area (Å²) in [5, 5.41) is 3.60. The third-order valence-corrected chi connectivity index (χ3v) is 2.87. The minimum absolute atomic E-state index is 0.190. The Hall–Kier alpha value is -2.82. The Kier molecular flexibility index (Phi) is 2.64. The van der Waals surface area contributed by atoms with Crippen LogP contribution in [0.3, 0.4) is 0 Å². The van der Waals surface area contributed by atoms with E-state index < -0.39 is 0 Å². The molecular weight excluding hydrogens is 240 g/mol. The second-order valence-electron chi connectivity index (χ2n) is 4.20. The first-order chi connectivity index (χ1) is 9.24. The van der Waals surface area contributed by atoms with Gasteiger partial charge in [0.05, 0.1) is 17.4 Å². The van der Waals surface area contributed by atoms with Crippen LogP contribution < -0.4 is 11.1 Å². The maximum atomic E-state index is 12.2. The Morgan fingerprint density at radius 1 is 1.32 bits per heavy atom. The van der Waals surface area contributed by atoms with Crippen LogP contribution in [0.15, 0.2) is 48.9 Å². The van der Waals surface area contributed by atoms with Gasteiger partial charge in [0.2, 0.25) is 0 Å². The van der Waals surface area contributed by atoms with Crippen molar-refractivity contribution in [3.63, 3.8) is 0 Å². The second-order valence-corrected chi connectivity index (χ2v) is 4.20. The number of rotatable bonds is 2. The first-order valence-corrected chi connectivity index (χ1v) is 5.82. The summed E-state index contributed by atoms with van der Waals surface area (Å²) in [5.41, 5.74) is 8.48. The smallest absolute Gasteiger partial charge is 0.257 e. The number of fused-ring (bicyclic) bond motifs is 1. The fraction of sp³-hybridized carbons (Fsp3) is 0. The maximum Gasteiger partial charge on any atom is 0.257 e. The quantitative estimate of drug-likeness (QED) is 0.612. The van der Waals surface area contributed by atoms with Gasteiger partial charge >= 0.3 is 0 Å². The first kappa shape index (κ1) is 11.3. The molecule has 2 heterocycles. The van der Waals surface area contributed by atoms with Crippen LogP contribution in [0.1, 0.15) is 10.4 Å². The Morgan fingerprint density at radius 2 is 2.21 bits per heavy atom. The van der Waals surface area contributed by atoms with Gasteiger partial charge in [-0.2, -0.15) is 0 Å². The van der Waals surface area contributed by atoms with Crippen LogP contribution >= 0.6 is 0 Å². The molecular formula is C14H12N4O. The zero-order valence-corrected chi connectivity index (χ0v) is 10.1. The lowest BCUT2D eigenvalue weighted by Crippen LogP contribution is -2.11. The molecule has 0 fully saturated rings. The molecule has 1 amide bonds. The molecule has 3 aromatic rings. The summed E-state index contributed by atoms with van der Waals surface area (Å²) in [5.74, 6) is -0.190. The van der Waals surface area contributed by atoms with Crippen molar-refractivity contribution in [3.8, 4) is 0 Å². The monoisotopic (exact) mass is 252 g/mol. The maximum absolute atomic E-state index is 12.2. The van der Waals surface area contributed by atoms with Gasteiger partial charge in [-0.3, -0.25) is 9.78 Å². The van der Waals surface area contributed by atoms with Crippen molar-refractivity contribution in [2.45, 2.75) is 0 Å². The summed E-state index contributed by atoms with van der Waals surface area (Å²) < 4.78 is 0. The Morgan fingerprint density at radius 3 is 3.00 bits per heavy atom. The molecule has 94 valence electrons. The number of amides is 1. The van der Waals surface area contributed by atoms with Gasteiger partial charge in [-0.25, -0.2) is 0 Å². The fourth-order valence-electron chi connectivity index (χ4n) is 1.96. The van der Waals surface area contributed by atoms with E-state index in [4.69, 9.17) is 5.73 Å². The lowest BCUT2D eigenvalue weighted by molar-refractivity contribution is 0.102. The predicted molar refractivity (Wildman–Crippen MR) is 74.9 cm³/mol. The minimum atomic E-state index is -0.190. The van der Waals surface area contributed by atoms with Gasteiger partial charge in [0, 0.05) is 29.0 Å². The molecule has 0 unspecified atom stereocenters. The van der Waals surface area contributed by atoms with E-state index in [-0.39, 0.29) is 5.91 Å². The molecule has 19 heavy (non-hydrogen) atoms. The van der Waals surface area contributed by atoms with Crippen LogP contribution in [-0.2, 0) is 0 Å². The van der Waals surface area contributed by atoms with Crippen molar-refractivity contribution >= 4 is 28.2 Å². The molecule has 4 N–H and O–H groups in total. The van der Waals surface area contributed by atoms with Crippen molar-refractivity contribution < 1.29 is 4.79 Å². The van der Waals surface area contributed by atoms with Crippen molar-refractivity contribution in [2.24, 2.45) is 0 Å². The van der Waals surface area contributed by atoms with Gasteiger partial charge < -0.3 is 16.0 Å². The average molecular weight is 252 g/mol. The number of nitrogens with two attached hydrogens (primary N) is 1. The van der Waals surface area contributed by atoms with E-state index in [9.17, 15) is 4.79 Å². The highest BCUT2D eigenvalue weighted by Gasteiger charge is 2.12. The van der Waals surface area contributed by atoms with E-state index in [0.29, 0.717) is 16.9 Å². The molecule has 0 saturated carbocycles.